The van der Waals surface area contributed by atoms with Crippen molar-refractivity contribution in [2.75, 3.05) is 0 Å². The number of fused-ring (bicyclic) bond motifs is 2. The van der Waals surface area contributed by atoms with E-state index < -0.39 is 49.2 Å². The fourth-order valence-electron chi connectivity index (χ4n) is 9.68. The first kappa shape index (κ1) is 83.5. The Labute approximate surface area is 624 Å². The number of hydrogen-bond donors (Lipinski definition) is 0. The minimum atomic E-state index is -3.58. The first-order valence-corrected chi connectivity index (χ1v) is 43.1. The molecular weight excluding hydrogens is 1470 g/mol. The average molecular weight is 1560 g/mol. The van der Waals surface area contributed by atoms with Crippen molar-refractivity contribution < 1.29 is 42.1 Å². The maximum absolute atomic E-state index is 12.7. The summed E-state index contributed by atoms with van der Waals surface area (Å²) in [6.07, 6.45) is 12.5. The Balaban J connectivity index is 0.000000183. The average Bonchev–Trinajstić information content (AvgIpc) is 1.67. The van der Waals surface area contributed by atoms with E-state index >= 15 is 0 Å². The Bertz CT molecular complexity index is 5210. The summed E-state index contributed by atoms with van der Waals surface area (Å²) in [5.74, 6) is 0.738. The summed E-state index contributed by atoms with van der Waals surface area (Å²) in [6.45, 7) is 29.5. The number of imidazole rings is 1. The van der Waals surface area contributed by atoms with Gasteiger partial charge in [0.1, 0.15) is 23.6 Å². The number of pyridine rings is 2. The van der Waals surface area contributed by atoms with Crippen LogP contribution in [0.2, 0.25) is 0 Å². The number of thiophene rings is 1. The molecule has 1 aliphatic heterocycles. The molecule has 1 aliphatic carbocycles. The smallest absolute Gasteiger partial charge is 0.211 e. The van der Waals surface area contributed by atoms with Crippen LogP contribution < -0.4 is 0 Å². The molecule has 105 heavy (non-hydrogen) atoms. The van der Waals surface area contributed by atoms with Crippen LogP contribution in [0.1, 0.15) is 179 Å². The van der Waals surface area contributed by atoms with E-state index in [1.54, 1.807) is 127 Å². The molecule has 0 amide bonds. The van der Waals surface area contributed by atoms with Crippen molar-refractivity contribution in [2.24, 2.45) is 16.8 Å². The van der Waals surface area contributed by atoms with Crippen molar-refractivity contribution in [3.63, 3.8) is 0 Å². The molecule has 2 aliphatic rings. The lowest BCUT2D eigenvalue weighted by Crippen LogP contribution is -2.11. The van der Waals surface area contributed by atoms with E-state index in [0.717, 1.165) is 67.2 Å². The standard InChI is InChI=1S/C17H19N3O2S.C16H18N4O2S.C14H17N3O2S.C13H16N2O2S2.C12H15N3O2S2.CH4/c1-11(2)13-5-7-16-14(8-13)9-18-17(16)23(21,22)10-15-6-4-12(3)19-20-15;1-11(2)13-5-7-15-16(17-10-20(15)8-13)23(21,22)9-14-6-4-12(3)18-19-14;1-10(2)14-7-6-13(8-15-14)20(18,19)9-12-5-4-11(3)16-17-12;1-9(2)13-6-12(7-18-13)19(16,17)8-11-5-4-10(3)14-15-11;1-8(2)11-6-18-12(13-11)19(16,17)7-10-5-4-9(3)14-15-10;/h4-9,11,14H,10H2,1-3H3;4-8,10-11H,9H2,1-3H3;4-8,10H,9H2,1-3H3;4-7,9H,8H2,1-3H3;4-6,8H,7H2,1-3H3;1H4. The second kappa shape index (κ2) is 36.0. The summed E-state index contributed by atoms with van der Waals surface area (Å²) >= 11 is 2.64. The molecule has 0 saturated heterocycles. The van der Waals surface area contributed by atoms with E-state index in [4.69, 9.17) is 0 Å². The van der Waals surface area contributed by atoms with Crippen LogP contribution in [0.15, 0.2) is 179 Å². The van der Waals surface area contributed by atoms with Gasteiger partial charge in [0.05, 0.1) is 89.4 Å². The number of aryl methyl sites for hydroxylation is 5. The fourth-order valence-corrected chi connectivity index (χ4v) is 18.9. The number of aromatic nitrogens is 14. The molecule has 32 heteroatoms. The van der Waals surface area contributed by atoms with Crippen LogP contribution in [0.3, 0.4) is 0 Å². The molecule has 0 saturated carbocycles. The van der Waals surface area contributed by atoms with Gasteiger partial charge in [-0.1, -0.05) is 101 Å². The normalized spacial score (nSPS) is 13.7. The van der Waals surface area contributed by atoms with Gasteiger partial charge in [0, 0.05) is 51.4 Å². The van der Waals surface area contributed by atoms with Gasteiger partial charge < -0.3 is 4.40 Å². The Morgan fingerprint density at radius 2 is 0.905 bits per heavy atom. The predicted octanol–water partition coefficient (Wildman–Crippen LogP) is 13.5. The topological polar surface area (TPSA) is 355 Å². The highest BCUT2D eigenvalue weighted by Crippen LogP contribution is 2.35. The molecular formula is C73H89N15O10S7. The predicted molar refractivity (Wildman–Crippen MR) is 410 cm³/mol. The first-order valence-electron chi connectivity index (χ1n) is 33.1. The van der Waals surface area contributed by atoms with Gasteiger partial charge in [0.15, 0.2) is 29.7 Å². The van der Waals surface area contributed by atoms with Crippen LogP contribution in [-0.4, -0.2) is 119 Å². The van der Waals surface area contributed by atoms with E-state index in [2.05, 4.69) is 105 Å². The molecule has 1 unspecified atom stereocenters. The van der Waals surface area contributed by atoms with Gasteiger partial charge in [-0.3, -0.25) is 4.98 Å². The molecule has 0 N–H and O–H groups in total. The van der Waals surface area contributed by atoms with E-state index in [0.29, 0.717) is 56.6 Å². The summed E-state index contributed by atoms with van der Waals surface area (Å²) in [6, 6.07) is 26.0. The second-order valence-corrected chi connectivity index (χ2v) is 38.2. The zero-order valence-electron chi connectivity index (χ0n) is 60.5. The van der Waals surface area contributed by atoms with E-state index in [1.807, 2.05) is 79.8 Å². The second-order valence-electron chi connectivity index (χ2n) is 26.4. The molecule has 0 aromatic carbocycles. The molecule has 0 fully saturated rings. The molecule has 25 nitrogen and oxygen atoms in total. The first-order chi connectivity index (χ1) is 48.9. The summed E-state index contributed by atoms with van der Waals surface area (Å²) in [4.78, 5) is 18.3. The third-order valence-electron chi connectivity index (χ3n) is 15.8. The number of nitrogens with zero attached hydrogens (tertiary/aromatic N) is 15. The van der Waals surface area contributed by atoms with Gasteiger partial charge >= 0.3 is 0 Å². The summed E-state index contributed by atoms with van der Waals surface area (Å²) in [7, 11) is -17.3. The van der Waals surface area contributed by atoms with Gasteiger partial charge in [0.25, 0.3) is 0 Å². The van der Waals surface area contributed by atoms with Crippen molar-refractivity contribution in [3.05, 3.63) is 234 Å². The largest absolute Gasteiger partial charge is 0.305 e. The number of allylic oxidation sites excluding steroid dienone is 5. The molecule has 12 rings (SSSR count). The molecule has 1 atom stereocenters. The number of hydrogen-bond acceptors (Lipinski definition) is 26. The Kier molecular flexibility index (Phi) is 28.6. The highest BCUT2D eigenvalue weighted by Gasteiger charge is 2.31. The lowest BCUT2D eigenvalue weighted by molar-refractivity contribution is 0.590. The van der Waals surface area contributed by atoms with Gasteiger partial charge in [-0.05, 0) is 160 Å². The zero-order chi connectivity index (χ0) is 76.1. The Morgan fingerprint density at radius 1 is 0.438 bits per heavy atom. The molecule has 0 radical (unpaired) electrons. The molecule has 10 aromatic heterocycles. The lowest BCUT2D eigenvalue weighted by atomic mass is 9.89. The third-order valence-corrected chi connectivity index (χ3v) is 26.6. The van der Waals surface area contributed by atoms with Crippen LogP contribution in [0.5, 0.6) is 0 Å². The van der Waals surface area contributed by atoms with Crippen molar-refractivity contribution in [2.45, 2.75) is 183 Å². The summed E-state index contributed by atoms with van der Waals surface area (Å²) in [5.41, 5.74) is 11.3. The zero-order valence-corrected chi connectivity index (χ0v) is 66.2. The van der Waals surface area contributed by atoms with Crippen LogP contribution >= 0.6 is 22.7 Å². The maximum Gasteiger partial charge on any atom is 0.211 e. The molecule has 11 heterocycles. The quantitative estimate of drug-likeness (QED) is 0.0684. The summed E-state index contributed by atoms with van der Waals surface area (Å²) in [5, 5.41) is 42.7. The van der Waals surface area contributed by atoms with Gasteiger partial charge in [-0.15, -0.1) is 22.7 Å². The number of thiazole rings is 1. The fraction of sp³-hybridized carbons (Fsp3) is 0.370. The van der Waals surface area contributed by atoms with Gasteiger partial charge in [-0.2, -0.15) is 51.0 Å². The van der Waals surface area contributed by atoms with E-state index in [1.165, 1.54) is 29.4 Å². The van der Waals surface area contributed by atoms with Gasteiger partial charge in [-0.25, -0.2) is 57.0 Å². The van der Waals surface area contributed by atoms with Crippen LogP contribution in [-0.2, 0) is 78.0 Å². The Morgan fingerprint density at radius 3 is 1.31 bits per heavy atom. The molecule has 558 valence electrons. The molecule has 0 bridgehead atoms. The summed E-state index contributed by atoms with van der Waals surface area (Å²) < 4.78 is 126. The monoisotopic (exact) mass is 1560 g/mol. The minimum absolute atomic E-state index is 0. The van der Waals surface area contributed by atoms with Crippen LogP contribution in [0.25, 0.3) is 5.52 Å². The van der Waals surface area contributed by atoms with Crippen LogP contribution in [0, 0.1) is 46.5 Å². The van der Waals surface area contributed by atoms with E-state index in [-0.39, 0.29) is 73.2 Å². The number of rotatable bonds is 20. The lowest BCUT2D eigenvalue weighted by Gasteiger charge is -2.16. The van der Waals surface area contributed by atoms with Gasteiger partial charge in [0.2, 0.25) is 33.9 Å². The SMILES string of the molecule is C.Cc1ccc(CS(=O)(=O)C2=C3C=CC(C(C)C)=CC3C=N2)nn1.Cc1ccc(CS(=O)(=O)c2ccc(C(C)C)nc2)nn1.Cc1ccc(CS(=O)(=O)c2csc(C(C)C)c2)nn1.Cc1ccc(CS(=O)(=O)c2nc(C(C)C)cs2)nn1.Cc1ccc(CS(=O)(=O)c2ncn3cc(C(C)C)ccc23)nn1. The van der Waals surface area contributed by atoms with Crippen molar-refractivity contribution in [1.29, 1.82) is 0 Å². The van der Waals surface area contributed by atoms with E-state index in [9.17, 15) is 42.1 Å². The highest BCUT2D eigenvalue weighted by atomic mass is 32.2. The number of aliphatic imine (C=N–C) groups is 1. The van der Waals surface area contributed by atoms with Crippen molar-refractivity contribution in [3.8, 4) is 0 Å². The van der Waals surface area contributed by atoms with Crippen molar-refractivity contribution in [1.82, 2.24) is 70.3 Å². The van der Waals surface area contributed by atoms with Crippen molar-refractivity contribution >= 4 is 83.6 Å². The maximum atomic E-state index is 12.7. The molecule has 10 aromatic rings. The third kappa shape index (κ3) is 23.4. The number of sulfone groups is 5. The highest BCUT2D eigenvalue weighted by molar-refractivity contribution is 7.94. The minimum Gasteiger partial charge on any atom is -0.305 e. The Hall–Kier alpha value is -8.79. The van der Waals surface area contributed by atoms with Crippen LogP contribution in [0.4, 0.5) is 0 Å². The molecule has 0 spiro atoms.